The normalized spacial score (nSPS) is 12.2. The molecule has 0 saturated carbocycles. The first-order valence-electron chi connectivity index (χ1n) is 6.97. The largest absolute Gasteiger partial charge is 0.325 e. The number of hydrogen-bond acceptors (Lipinski definition) is 2. The Bertz CT molecular complexity index is 646. The summed E-state index contributed by atoms with van der Waals surface area (Å²) in [7, 11) is 1.84. The number of likely N-dealkylation sites (N-methyl/N-ethyl adjacent to an activating group) is 1. The van der Waals surface area contributed by atoms with E-state index in [4.69, 9.17) is 0 Å². The Hall–Kier alpha value is -2.27. The van der Waals surface area contributed by atoms with Crippen LogP contribution in [0.1, 0.15) is 12.5 Å². The number of carbonyl (C=O) groups is 1. The molecule has 0 fully saturated rings. The van der Waals surface area contributed by atoms with Crippen LogP contribution in [-0.4, -0.2) is 23.9 Å². The summed E-state index contributed by atoms with van der Waals surface area (Å²) >= 11 is 0. The third-order valence-electron chi connectivity index (χ3n) is 3.50. The lowest BCUT2D eigenvalue weighted by Crippen LogP contribution is -2.39. The van der Waals surface area contributed by atoms with Crippen LogP contribution in [0.15, 0.2) is 48.5 Å². The summed E-state index contributed by atoms with van der Waals surface area (Å²) in [4.78, 5) is 14.1. The van der Waals surface area contributed by atoms with Crippen LogP contribution in [-0.2, 0) is 11.3 Å². The number of hydrogen-bond donors (Lipinski definition) is 1. The van der Waals surface area contributed by atoms with E-state index < -0.39 is 17.7 Å². The van der Waals surface area contributed by atoms with E-state index in [2.05, 4.69) is 5.32 Å². The molecule has 5 heteroatoms. The maximum Gasteiger partial charge on any atom is 0.241 e. The Labute approximate surface area is 128 Å². The minimum atomic E-state index is -0.983. The van der Waals surface area contributed by atoms with Gasteiger partial charge in [0.1, 0.15) is 0 Å². The summed E-state index contributed by atoms with van der Waals surface area (Å²) in [5, 5.41) is 2.59. The SMILES string of the molecule is C[C@H](C(=O)Nc1ccc(F)c(F)c1)N(C)Cc1ccccc1. The molecule has 1 atom stereocenters. The van der Waals surface area contributed by atoms with Gasteiger partial charge in [-0.2, -0.15) is 0 Å². The highest BCUT2D eigenvalue weighted by Gasteiger charge is 2.18. The Kier molecular flexibility index (Phi) is 5.22. The number of carbonyl (C=O) groups excluding carboxylic acids is 1. The Morgan fingerprint density at radius 2 is 1.82 bits per heavy atom. The van der Waals surface area contributed by atoms with Crippen molar-refractivity contribution in [1.29, 1.82) is 0 Å². The molecule has 0 bridgehead atoms. The molecule has 1 amide bonds. The van der Waals surface area contributed by atoms with Crippen molar-refractivity contribution in [1.82, 2.24) is 4.90 Å². The summed E-state index contributed by atoms with van der Waals surface area (Å²) in [5.74, 6) is -2.19. The van der Waals surface area contributed by atoms with Crippen molar-refractivity contribution in [2.24, 2.45) is 0 Å². The molecule has 0 spiro atoms. The molecule has 3 nitrogen and oxygen atoms in total. The fourth-order valence-corrected chi connectivity index (χ4v) is 2.03. The molecule has 1 N–H and O–H groups in total. The van der Waals surface area contributed by atoms with Crippen molar-refractivity contribution < 1.29 is 13.6 Å². The molecule has 0 aliphatic carbocycles. The van der Waals surface area contributed by atoms with Gasteiger partial charge < -0.3 is 5.32 Å². The maximum absolute atomic E-state index is 13.1. The van der Waals surface area contributed by atoms with E-state index in [0.29, 0.717) is 6.54 Å². The molecule has 0 saturated heterocycles. The standard InChI is InChI=1S/C17H18F2N2O/c1-12(21(2)11-13-6-4-3-5-7-13)17(22)20-14-8-9-15(18)16(19)10-14/h3-10,12H,11H2,1-2H3,(H,20,22)/t12-/m1/s1. The number of rotatable bonds is 5. The zero-order valence-corrected chi connectivity index (χ0v) is 12.5. The lowest BCUT2D eigenvalue weighted by atomic mass is 10.2. The van der Waals surface area contributed by atoms with E-state index >= 15 is 0 Å². The highest BCUT2D eigenvalue weighted by atomic mass is 19.2. The molecule has 2 aromatic carbocycles. The van der Waals surface area contributed by atoms with Crippen molar-refractivity contribution in [3.05, 3.63) is 65.7 Å². The Morgan fingerprint density at radius 1 is 1.14 bits per heavy atom. The Morgan fingerprint density at radius 3 is 2.45 bits per heavy atom. The van der Waals surface area contributed by atoms with Crippen LogP contribution in [0.5, 0.6) is 0 Å². The van der Waals surface area contributed by atoms with E-state index in [-0.39, 0.29) is 11.6 Å². The minimum absolute atomic E-state index is 0.240. The minimum Gasteiger partial charge on any atom is -0.325 e. The van der Waals surface area contributed by atoms with E-state index in [1.807, 2.05) is 42.3 Å². The average Bonchev–Trinajstić information content (AvgIpc) is 2.51. The van der Waals surface area contributed by atoms with Gasteiger partial charge in [-0.15, -0.1) is 0 Å². The average molecular weight is 304 g/mol. The zero-order chi connectivity index (χ0) is 16.1. The first-order valence-corrected chi connectivity index (χ1v) is 6.97. The fourth-order valence-electron chi connectivity index (χ4n) is 2.03. The fraction of sp³-hybridized carbons (Fsp3) is 0.235. The number of benzene rings is 2. The molecular formula is C17H18F2N2O. The maximum atomic E-state index is 13.1. The van der Waals surface area contributed by atoms with Gasteiger partial charge in [0.2, 0.25) is 5.91 Å². The number of nitrogens with zero attached hydrogens (tertiary/aromatic N) is 1. The molecule has 0 aromatic heterocycles. The first-order chi connectivity index (χ1) is 10.5. The van der Waals surface area contributed by atoms with Crippen LogP contribution in [0, 0.1) is 11.6 Å². The third-order valence-corrected chi connectivity index (χ3v) is 3.50. The summed E-state index contributed by atoms with van der Waals surface area (Å²) in [5.41, 5.74) is 1.33. The predicted octanol–water partition coefficient (Wildman–Crippen LogP) is 3.42. The van der Waals surface area contributed by atoms with Crippen molar-refractivity contribution in [2.75, 3.05) is 12.4 Å². The second kappa shape index (κ2) is 7.13. The number of nitrogens with one attached hydrogen (secondary N) is 1. The van der Waals surface area contributed by atoms with Gasteiger partial charge in [-0.05, 0) is 31.7 Å². The molecule has 0 heterocycles. The van der Waals surface area contributed by atoms with Gasteiger partial charge in [0.25, 0.3) is 0 Å². The van der Waals surface area contributed by atoms with Gasteiger partial charge >= 0.3 is 0 Å². The third kappa shape index (κ3) is 4.11. The quantitative estimate of drug-likeness (QED) is 0.918. The van der Waals surface area contributed by atoms with Gasteiger partial charge in [0.05, 0.1) is 6.04 Å². The number of amides is 1. The van der Waals surface area contributed by atoms with Crippen LogP contribution < -0.4 is 5.32 Å². The second-order valence-electron chi connectivity index (χ2n) is 5.19. The highest BCUT2D eigenvalue weighted by Crippen LogP contribution is 2.14. The molecule has 2 aromatic rings. The van der Waals surface area contributed by atoms with Crippen molar-refractivity contribution in [2.45, 2.75) is 19.5 Å². The first kappa shape index (κ1) is 16.1. The summed E-state index contributed by atoms with van der Waals surface area (Å²) in [6.45, 7) is 2.38. The van der Waals surface area contributed by atoms with Gasteiger partial charge in [0.15, 0.2) is 11.6 Å². The molecular weight excluding hydrogens is 286 g/mol. The molecule has 22 heavy (non-hydrogen) atoms. The van der Waals surface area contributed by atoms with E-state index in [1.54, 1.807) is 6.92 Å². The Balaban J connectivity index is 1.97. The van der Waals surface area contributed by atoms with Crippen LogP contribution in [0.2, 0.25) is 0 Å². The molecule has 2 rings (SSSR count). The van der Waals surface area contributed by atoms with Gasteiger partial charge in [-0.3, -0.25) is 9.69 Å². The van der Waals surface area contributed by atoms with Gasteiger partial charge in [-0.25, -0.2) is 8.78 Å². The summed E-state index contributed by atoms with van der Waals surface area (Å²) in [6, 6.07) is 12.7. The van der Waals surface area contributed by atoms with Crippen LogP contribution >= 0.6 is 0 Å². The zero-order valence-electron chi connectivity index (χ0n) is 12.5. The predicted molar refractivity (Wildman–Crippen MR) is 82.4 cm³/mol. The topological polar surface area (TPSA) is 32.3 Å². The van der Waals surface area contributed by atoms with Crippen molar-refractivity contribution >= 4 is 11.6 Å². The van der Waals surface area contributed by atoms with E-state index in [9.17, 15) is 13.6 Å². The van der Waals surface area contributed by atoms with Crippen LogP contribution in [0.25, 0.3) is 0 Å². The summed E-state index contributed by atoms with van der Waals surface area (Å²) in [6.07, 6.45) is 0. The van der Waals surface area contributed by atoms with Gasteiger partial charge in [-0.1, -0.05) is 30.3 Å². The number of anilines is 1. The molecule has 0 aliphatic rings. The van der Waals surface area contributed by atoms with Gasteiger partial charge in [0, 0.05) is 18.3 Å². The number of halogens is 2. The molecule has 0 aliphatic heterocycles. The van der Waals surface area contributed by atoms with Crippen molar-refractivity contribution in [3.63, 3.8) is 0 Å². The molecule has 0 radical (unpaired) electrons. The molecule has 0 unspecified atom stereocenters. The van der Waals surface area contributed by atoms with E-state index in [0.717, 1.165) is 17.7 Å². The lowest BCUT2D eigenvalue weighted by molar-refractivity contribution is -0.120. The second-order valence-corrected chi connectivity index (χ2v) is 5.19. The van der Waals surface area contributed by atoms with Crippen molar-refractivity contribution in [3.8, 4) is 0 Å². The highest BCUT2D eigenvalue weighted by molar-refractivity contribution is 5.94. The van der Waals surface area contributed by atoms with Crippen LogP contribution in [0.3, 0.4) is 0 Å². The van der Waals surface area contributed by atoms with Crippen LogP contribution in [0.4, 0.5) is 14.5 Å². The summed E-state index contributed by atoms with van der Waals surface area (Å²) < 4.78 is 26.0. The molecule has 116 valence electrons. The monoisotopic (exact) mass is 304 g/mol. The van der Waals surface area contributed by atoms with E-state index in [1.165, 1.54) is 6.07 Å². The smallest absolute Gasteiger partial charge is 0.241 e. The lowest BCUT2D eigenvalue weighted by Gasteiger charge is -2.24.